The van der Waals surface area contributed by atoms with Crippen molar-refractivity contribution < 1.29 is 0 Å². The van der Waals surface area contributed by atoms with Crippen LogP contribution in [0.5, 0.6) is 0 Å². The lowest BCUT2D eigenvalue weighted by Gasteiger charge is -2.21. The molecular weight excluding hydrogens is 334 g/mol. The first-order valence-corrected chi connectivity index (χ1v) is 8.50. The van der Waals surface area contributed by atoms with E-state index in [1.54, 1.807) is 11.3 Å². The number of nitrogens with one attached hydrogen (secondary N) is 1. The fourth-order valence-electron chi connectivity index (χ4n) is 2.23. The van der Waals surface area contributed by atoms with Crippen LogP contribution in [0.25, 0.3) is 0 Å². The second kappa shape index (κ2) is 6.24. The standard InChI is InChI=1S/C15H18BrN3S/c1-19(9-14-6-12(16)10-20-14)15-4-5-17-7-11(15)8-18-13-2-3-13/h4-7,10,13,18H,2-3,8-9H2,1H3. The molecule has 106 valence electrons. The summed E-state index contributed by atoms with van der Waals surface area (Å²) in [6.07, 6.45) is 6.48. The number of anilines is 1. The molecule has 1 N–H and O–H groups in total. The lowest BCUT2D eigenvalue weighted by atomic mass is 10.2. The van der Waals surface area contributed by atoms with Crippen molar-refractivity contribution in [3.8, 4) is 0 Å². The van der Waals surface area contributed by atoms with Crippen LogP contribution in [0.3, 0.4) is 0 Å². The van der Waals surface area contributed by atoms with Gasteiger partial charge in [0.2, 0.25) is 0 Å². The Morgan fingerprint density at radius 3 is 3.05 bits per heavy atom. The van der Waals surface area contributed by atoms with Gasteiger partial charge in [0, 0.05) is 58.0 Å². The van der Waals surface area contributed by atoms with E-state index in [0.29, 0.717) is 0 Å². The molecule has 1 fully saturated rings. The van der Waals surface area contributed by atoms with E-state index >= 15 is 0 Å². The molecule has 3 nitrogen and oxygen atoms in total. The summed E-state index contributed by atoms with van der Waals surface area (Å²) in [6.45, 7) is 1.84. The minimum Gasteiger partial charge on any atom is -0.369 e. The molecule has 0 aromatic carbocycles. The minimum atomic E-state index is 0.724. The minimum absolute atomic E-state index is 0.724. The zero-order chi connectivity index (χ0) is 13.9. The Hall–Kier alpha value is -0.910. The van der Waals surface area contributed by atoms with Gasteiger partial charge in [-0.1, -0.05) is 0 Å². The quantitative estimate of drug-likeness (QED) is 0.857. The second-order valence-corrected chi connectivity index (χ2v) is 7.16. The van der Waals surface area contributed by atoms with Gasteiger partial charge in [0.25, 0.3) is 0 Å². The Bertz CT molecular complexity index is 580. The fourth-order valence-corrected chi connectivity index (χ4v) is 3.73. The third kappa shape index (κ3) is 3.59. The summed E-state index contributed by atoms with van der Waals surface area (Å²) >= 11 is 5.30. The maximum atomic E-state index is 4.27. The molecule has 1 aliphatic rings. The van der Waals surface area contributed by atoms with Gasteiger partial charge in [-0.15, -0.1) is 11.3 Å². The maximum Gasteiger partial charge on any atom is 0.0520 e. The monoisotopic (exact) mass is 351 g/mol. The molecule has 0 aliphatic heterocycles. The SMILES string of the molecule is CN(Cc1cc(Br)cs1)c1ccncc1CNC1CC1. The Morgan fingerprint density at radius 2 is 2.35 bits per heavy atom. The van der Waals surface area contributed by atoms with Crippen molar-refractivity contribution in [2.75, 3.05) is 11.9 Å². The average Bonchev–Trinajstić information content (AvgIpc) is 3.19. The second-order valence-electron chi connectivity index (χ2n) is 5.25. The van der Waals surface area contributed by atoms with Crippen LogP contribution in [-0.2, 0) is 13.1 Å². The number of hydrogen-bond donors (Lipinski definition) is 1. The van der Waals surface area contributed by atoms with Crippen molar-refractivity contribution in [1.82, 2.24) is 10.3 Å². The molecule has 20 heavy (non-hydrogen) atoms. The number of aromatic nitrogens is 1. The first-order valence-electron chi connectivity index (χ1n) is 6.82. The fraction of sp³-hybridized carbons (Fsp3) is 0.400. The van der Waals surface area contributed by atoms with Crippen molar-refractivity contribution in [3.63, 3.8) is 0 Å². The van der Waals surface area contributed by atoms with E-state index < -0.39 is 0 Å². The van der Waals surface area contributed by atoms with E-state index in [1.807, 2.05) is 12.4 Å². The number of thiophene rings is 1. The molecule has 0 spiro atoms. The highest BCUT2D eigenvalue weighted by atomic mass is 79.9. The predicted octanol–water partition coefficient (Wildman–Crippen LogP) is 3.79. The maximum absolute atomic E-state index is 4.27. The van der Waals surface area contributed by atoms with Crippen LogP contribution in [-0.4, -0.2) is 18.1 Å². The highest BCUT2D eigenvalue weighted by molar-refractivity contribution is 9.10. The molecule has 0 atom stereocenters. The first kappa shape index (κ1) is 14.0. The van der Waals surface area contributed by atoms with Gasteiger partial charge in [0.05, 0.1) is 6.54 Å². The molecule has 0 radical (unpaired) electrons. The van der Waals surface area contributed by atoms with E-state index in [-0.39, 0.29) is 0 Å². The third-order valence-electron chi connectivity index (χ3n) is 3.46. The van der Waals surface area contributed by atoms with E-state index in [9.17, 15) is 0 Å². The Balaban J connectivity index is 1.70. The normalized spacial score (nSPS) is 14.5. The Kier molecular flexibility index (Phi) is 4.38. The van der Waals surface area contributed by atoms with Gasteiger partial charge in [-0.05, 0) is 40.9 Å². The predicted molar refractivity (Wildman–Crippen MR) is 88.2 cm³/mol. The summed E-state index contributed by atoms with van der Waals surface area (Å²) in [7, 11) is 2.14. The average molecular weight is 352 g/mol. The zero-order valence-electron chi connectivity index (χ0n) is 11.5. The van der Waals surface area contributed by atoms with Gasteiger partial charge in [-0.2, -0.15) is 0 Å². The Labute approximate surface area is 132 Å². The van der Waals surface area contributed by atoms with Gasteiger partial charge < -0.3 is 10.2 Å². The van der Waals surface area contributed by atoms with Gasteiger partial charge >= 0.3 is 0 Å². The smallest absolute Gasteiger partial charge is 0.0520 e. The summed E-state index contributed by atoms with van der Waals surface area (Å²) in [5, 5.41) is 5.69. The van der Waals surface area contributed by atoms with Crippen molar-refractivity contribution in [1.29, 1.82) is 0 Å². The van der Waals surface area contributed by atoms with Gasteiger partial charge in [0.15, 0.2) is 0 Å². The van der Waals surface area contributed by atoms with Crippen LogP contribution in [0.1, 0.15) is 23.3 Å². The lowest BCUT2D eigenvalue weighted by molar-refractivity contribution is 0.683. The summed E-state index contributed by atoms with van der Waals surface area (Å²) in [5.41, 5.74) is 2.54. The number of halogens is 1. The zero-order valence-corrected chi connectivity index (χ0v) is 13.9. The van der Waals surface area contributed by atoms with E-state index in [2.05, 4.69) is 55.7 Å². The number of rotatable bonds is 6. The van der Waals surface area contributed by atoms with Crippen molar-refractivity contribution in [2.45, 2.75) is 32.0 Å². The van der Waals surface area contributed by atoms with Gasteiger partial charge in [0.1, 0.15) is 0 Å². The lowest BCUT2D eigenvalue weighted by Crippen LogP contribution is -2.21. The topological polar surface area (TPSA) is 28.2 Å². The van der Waals surface area contributed by atoms with Crippen LogP contribution < -0.4 is 10.2 Å². The highest BCUT2D eigenvalue weighted by Crippen LogP contribution is 2.26. The number of pyridine rings is 1. The van der Waals surface area contributed by atoms with Crippen LogP contribution in [0.15, 0.2) is 34.4 Å². The molecule has 5 heteroatoms. The molecular formula is C15H18BrN3S. The first-order chi connectivity index (χ1) is 9.72. The molecule has 2 aromatic rings. The largest absolute Gasteiger partial charge is 0.369 e. The molecule has 1 saturated carbocycles. The molecule has 2 heterocycles. The molecule has 0 bridgehead atoms. The molecule has 3 rings (SSSR count). The van der Waals surface area contributed by atoms with E-state index in [4.69, 9.17) is 0 Å². The molecule has 0 saturated heterocycles. The van der Waals surface area contributed by atoms with Crippen molar-refractivity contribution in [2.24, 2.45) is 0 Å². The van der Waals surface area contributed by atoms with Crippen LogP contribution in [0, 0.1) is 0 Å². The Morgan fingerprint density at radius 1 is 1.50 bits per heavy atom. The van der Waals surface area contributed by atoms with Gasteiger partial charge in [-0.3, -0.25) is 4.98 Å². The summed E-state index contributed by atoms with van der Waals surface area (Å²) in [5.74, 6) is 0. The van der Waals surface area contributed by atoms with Crippen molar-refractivity contribution in [3.05, 3.63) is 44.8 Å². The van der Waals surface area contributed by atoms with Crippen LogP contribution >= 0.6 is 27.3 Å². The van der Waals surface area contributed by atoms with Crippen LogP contribution in [0.4, 0.5) is 5.69 Å². The third-order valence-corrected chi connectivity index (χ3v) is 5.14. The van der Waals surface area contributed by atoms with Crippen LogP contribution in [0.2, 0.25) is 0 Å². The number of hydrogen-bond acceptors (Lipinski definition) is 4. The van der Waals surface area contributed by atoms with E-state index in [1.165, 1.54) is 29.0 Å². The summed E-state index contributed by atoms with van der Waals surface area (Å²) in [6, 6.07) is 5.01. The molecule has 0 unspecified atom stereocenters. The van der Waals surface area contributed by atoms with Gasteiger partial charge in [-0.25, -0.2) is 0 Å². The number of nitrogens with zero attached hydrogens (tertiary/aromatic N) is 2. The highest BCUT2D eigenvalue weighted by Gasteiger charge is 2.20. The summed E-state index contributed by atoms with van der Waals surface area (Å²) in [4.78, 5) is 7.92. The molecule has 2 aromatic heterocycles. The molecule has 1 aliphatic carbocycles. The van der Waals surface area contributed by atoms with Crippen molar-refractivity contribution >= 4 is 33.0 Å². The molecule has 0 amide bonds. The van der Waals surface area contributed by atoms with E-state index in [0.717, 1.165) is 23.6 Å². The summed E-state index contributed by atoms with van der Waals surface area (Å²) < 4.78 is 1.16.